The van der Waals surface area contributed by atoms with Crippen molar-refractivity contribution < 1.29 is 31.8 Å². The monoisotopic (exact) mass is 214 g/mol. The highest BCUT2D eigenvalue weighted by Gasteiger charge is 2.03. The van der Waals surface area contributed by atoms with Crippen molar-refractivity contribution in [3.63, 3.8) is 0 Å². The van der Waals surface area contributed by atoms with E-state index in [-0.39, 0.29) is 18.0 Å². The minimum atomic E-state index is -1.27. The highest BCUT2D eigenvalue weighted by molar-refractivity contribution is 5.91. The predicted octanol–water partition coefficient (Wildman–Crippen LogP) is -3.16. The molecule has 0 bridgehead atoms. The maximum atomic E-state index is 10.9. The quantitative estimate of drug-likeness (QED) is 0.488. The van der Waals surface area contributed by atoms with Gasteiger partial charge in [0.25, 0.3) is 0 Å². The Kier molecular flexibility index (Phi) is 4.66. The fraction of sp³-hybridized carbons (Fsp3) is 0.111. The van der Waals surface area contributed by atoms with Gasteiger partial charge in [0.15, 0.2) is 0 Å². The second-order valence-corrected chi connectivity index (χ2v) is 2.36. The van der Waals surface area contributed by atoms with Crippen LogP contribution in [0.25, 0.3) is 0 Å². The third-order valence-electron chi connectivity index (χ3n) is 1.54. The van der Waals surface area contributed by atoms with E-state index in [2.05, 4.69) is 4.74 Å². The zero-order chi connectivity index (χ0) is 9.84. The van der Waals surface area contributed by atoms with Gasteiger partial charge in [-0.15, -0.1) is 0 Å². The van der Waals surface area contributed by atoms with Crippen LogP contribution in [0.3, 0.4) is 0 Å². The number of hydrogen-bond donors (Lipinski definition) is 0. The first kappa shape index (κ1) is 12.4. The maximum Gasteiger partial charge on any atom is 0.337 e. The first-order valence-corrected chi connectivity index (χ1v) is 3.55. The number of methoxy groups -OCH3 is 1. The summed E-state index contributed by atoms with van der Waals surface area (Å²) < 4.78 is 4.43. The van der Waals surface area contributed by atoms with Crippen LogP contribution in [0.5, 0.6) is 0 Å². The van der Waals surface area contributed by atoms with Gasteiger partial charge in [0.2, 0.25) is 0 Å². The molecule has 0 aliphatic carbocycles. The van der Waals surface area contributed by atoms with E-state index in [0.717, 1.165) is 0 Å². The lowest BCUT2D eigenvalue weighted by Crippen LogP contribution is -3.00. The van der Waals surface area contributed by atoms with E-state index < -0.39 is 11.9 Å². The SMILES string of the molecule is COC(=O)c1ccc(C(=O)[O-])cc1.[Cl-]. The van der Waals surface area contributed by atoms with E-state index in [1.807, 2.05) is 0 Å². The van der Waals surface area contributed by atoms with E-state index in [1.54, 1.807) is 0 Å². The van der Waals surface area contributed by atoms with Crippen molar-refractivity contribution in [1.82, 2.24) is 0 Å². The average molecular weight is 215 g/mol. The number of carbonyl (C=O) groups is 2. The Labute approximate surface area is 86.9 Å². The summed E-state index contributed by atoms with van der Waals surface area (Å²) in [4.78, 5) is 21.2. The molecule has 0 unspecified atom stereocenters. The van der Waals surface area contributed by atoms with Gasteiger partial charge in [-0.25, -0.2) is 4.79 Å². The predicted molar refractivity (Wildman–Crippen MR) is 42.1 cm³/mol. The number of carboxylic acids is 1. The van der Waals surface area contributed by atoms with Gasteiger partial charge in [0.05, 0.1) is 18.6 Å². The second kappa shape index (κ2) is 5.24. The van der Waals surface area contributed by atoms with Crippen molar-refractivity contribution in [3.05, 3.63) is 35.4 Å². The van der Waals surface area contributed by atoms with Crippen LogP contribution < -0.4 is 17.5 Å². The summed E-state index contributed by atoms with van der Waals surface area (Å²) in [6.07, 6.45) is 0. The Morgan fingerprint density at radius 2 is 1.57 bits per heavy atom. The summed E-state index contributed by atoms with van der Waals surface area (Å²) in [5, 5.41) is 10.3. The summed E-state index contributed by atoms with van der Waals surface area (Å²) >= 11 is 0. The molecule has 0 radical (unpaired) electrons. The normalized spacial score (nSPS) is 8.64. The van der Waals surface area contributed by atoms with Gasteiger partial charge in [0.1, 0.15) is 0 Å². The van der Waals surface area contributed by atoms with E-state index >= 15 is 0 Å². The molecule has 0 fully saturated rings. The highest BCUT2D eigenvalue weighted by atomic mass is 35.5. The molecule has 0 aliphatic rings. The zero-order valence-electron chi connectivity index (χ0n) is 7.32. The second-order valence-electron chi connectivity index (χ2n) is 2.36. The molecule has 4 nitrogen and oxygen atoms in total. The van der Waals surface area contributed by atoms with Crippen LogP contribution in [0.2, 0.25) is 0 Å². The van der Waals surface area contributed by atoms with Gasteiger partial charge in [-0.3, -0.25) is 0 Å². The lowest BCUT2D eigenvalue weighted by molar-refractivity contribution is -0.255. The molecule has 0 spiro atoms. The molecular weight excluding hydrogens is 208 g/mol. The molecule has 0 aromatic heterocycles. The topological polar surface area (TPSA) is 66.4 Å². The van der Waals surface area contributed by atoms with Crippen molar-refractivity contribution >= 4 is 11.9 Å². The van der Waals surface area contributed by atoms with Gasteiger partial charge < -0.3 is 27.0 Å². The molecule has 1 aromatic rings. The Morgan fingerprint density at radius 3 is 1.93 bits per heavy atom. The molecule has 14 heavy (non-hydrogen) atoms. The molecule has 0 heterocycles. The van der Waals surface area contributed by atoms with Crippen LogP contribution in [0.4, 0.5) is 0 Å². The van der Waals surface area contributed by atoms with Crippen LogP contribution in [0, 0.1) is 0 Å². The molecular formula is C9H7ClO4-2. The van der Waals surface area contributed by atoms with Crippen molar-refractivity contribution in [2.75, 3.05) is 7.11 Å². The number of esters is 1. The highest BCUT2D eigenvalue weighted by Crippen LogP contribution is 2.04. The summed E-state index contributed by atoms with van der Waals surface area (Å²) in [7, 11) is 1.26. The fourth-order valence-electron chi connectivity index (χ4n) is 0.860. The molecule has 5 heteroatoms. The third-order valence-corrected chi connectivity index (χ3v) is 1.54. The number of carbonyl (C=O) groups excluding carboxylic acids is 2. The minimum absolute atomic E-state index is 0. The van der Waals surface area contributed by atoms with Crippen molar-refractivity contribution in [2.45, 2.75) is 0 Å². The van der Waals surface area contributed by atoms with Gasteiger partial charge >= 0.3 is 5.97 Å². The van der Waals surface area contributed by atoms with Gasteiger partial charge in [0, 0.05) is 0 Å². The van der Waals surface area contributed by atoms with E-state index in [4.69, 9.17) is 0 Å². The number of halogens is 1. The number of carboxylic acid groups (broad SMARTS) is 1. The zero-order valence-corrected chi connectivity index (χ0v) is 8.08. The summed E-state index contributed by atoms with van der Waals surface area (Å²) in [5.74, 6) is -1.76. The summed E-state index contributed by atoms with van der Waals surface area (Å²) in [5.41, 5.74) is 0.347. The standard InChI is InChI=1S/C9H8O4.ClH/c1-13-9(12)7-4-2-6(3-5-7)8(10)11;/h2-5H,1H3,(H,10,11);1H/p-2. The lowest BCUT2D eigenvalue weighted by atomic mass is 10.1. The number of hydrogen-bond acceptors (Lipinski definition) is 4. The molecule has 0 N–H and O–H groups in total. The molecule has 0 saturated heterocycles. The fourth-order valence-corrected chi connectivity index (χ4v) is 0.860. The molecule has 76 valence electrons. The smallest absolute Gasteiger partial charge is 0.337 e. The lowest BCUT2D eigenvalue weighted by Gasteiger charge is -2.02. The molecule has 1 rings (SSSR count). The van der Waals surface area contributed by atoms with E-state index in [0.29, 0.717) is 5.56 Å². The van der Waals surface area contributed by atoms with Gasteiger partial charge in [-0.2, -0.15) is 0 Å². The summed E-state index contributed by atoms with van der Waals surface area (Å²) in [6, 6.07) is 5.33. The summed E-state index contributed by atoms with van der Waals surface area (Å²) in [6.45, 7) is 0. The Bertz CT molecular complexity index is 331. The first-order valence-electron chi connectivity index (χ1n) is 3.55. The molecule has 0 aliphatic heterocycles. The van der Waals surface area contributed by atoms with Crippen LogP contribution >= 0.6 is 0 Å². The van der Waals surface area contributed by atoms with Crippen molar-refractivity contribution in [3.8, 4) is 0 Å². The maximum absolute atomic E-state index is 10.9. The molecule has 1 aromatic carbocycles. The van der Waals surface area contributed by atoms with Crippen LogP contribution in [0.1, 0.15) is 20.7 Å². The third kappa shape index (κ3) is 2.74. The van der Waals surface area contributed by atoms with Gasteiger partial charge in [-0.1, -0.05) is 12.1 Å². The van der Waals surface area contributed by atoms with Crippen molar-refractivity contribution in [2.24, 2.45) is 0 Å². The number of ether oxygens (including phenoxy) is 1. The first-order chi connectivity index (χ1) is 6.15. The molecule has 0 amide bonds. The largest absolute Gasteiger partial charge is 1.00 e. The van der Waals surface area contributed by atoms with Crippen LogP contribution in [0.15, 0.2) is 24.3 Å². The Balaban J connectivity index is 0.00000169. The van der Waals surface area contributed by atoms with Crippen LogP contribution in [-0.2, 0) is 4.74 Å². The van der Waals surface area contributed by atoms with Crippen molar-refractivity contribution in [1.29, 1.82) is 0 Å². The number of aromatic carboxylic acids is 1. The van der Waals surface area contributed by atoms with Crippen LogP contribution in [-0.4, -0.2) is 19.0 Å². The van der Waals surface area contributed by atoms with E-state index in [1.165, 1.54) is 31.4 Å². The van der Waals surface area contributed by atoms with E-state index in [9.17, 15) is 14.7 Å². The average Bonchev–Trinajstić information content (AvgIpc) is 2.17. The number of benzene rings is 1. The molecule has 0 atom stereocenters. The minimum Gasteiger partial charge on any atom is -1.00 e. The molecule has 0 saturated carbocycles. The van der Waals surface area contributed by atoms with Gasteiger partial charge in [-0.05, 0) is 17.7 Å². The Hall–Kier alpha value is -1.55. The Morgan fingerprint density at radius 1 is 1.14 bits per heavy atom. The number of rotatable bonds is 2.